The summed E-state index contributed by atoms with van der Waals surface area (Å²) in [6.45, 7) is 0.348. The number of pyridine rings is 2. The maximum absolute atomic E-state index is 14.5. The van der Waals surface area contributed by atoms with Crippen LogP contribution in [0.15, 0.2) is 108 Å². The van der Waals surface area contributed by atoms with Crippen LogP contribution in [0, 0.1) is 11.6 Å². The summed E-state index contributed by atoms with van der Waals surface area (Å²) in [6.07, 6.45) is 1.34. The third kappa shape index (κ3) is 7.80. The van der Waals surface area contributed by atoms with Gasteiger partial charge in [0.2, 0.25) is 5.91 Å². The fourth-order valence-corrected chi connectivity index (χ4v) is 5.88. The summed E-state index contributed by atoms with van der Waals surface area (Å²) < 4.78 is 71.0. The highest BCUT2D eigenvalue weighted by Gasteiger charge is 2.30. The molecule has 50 heavy (non-hydrogen) atoms. The van der Waals surface area contributed by atoms with Gasteiger partial charge in [0.15, 0.2) is 17.1 Å². The molecule has 0 N–H and O–H groups in total. The van der Waals surface area contributed by atoms with Gasteiger partial charge in [-0.25, -0.2) is 18.7 Å². The SMILES string of the molecule is Cn1cnc(CCN(Cc2ccc(-c3ccc(C(F)(F)F)cc3)cc2)C(=O)Cn2c(CCc3cccc(F)c3F)cc(=O)c3cccnc32)c1. The van der Waals surface area contributed by atoms with E-state index in [0.29, 0.717) is 35.3 Å². The number of amides is 1. The van der Waals surface area contributed by atoms with Crippen LogP contribution in [0.5, 0.6) is 0 Å². The molecule has 0 saturated heterocycles. The fourth-order valence-electron chi connectivity index (χ4n) is 5.88. The lowest BCUT2D eigenvalue weighted by Crippen LogP contribution is -2.36. The van der Waals surface area contributed by atoms with Crippen LogP contribution in [0.3, 0.4) is 0 Å². The molecule has 12 heteroatoms. The summed E-state index contributed by atoms with van der Waals surface area (Å²) in [4.78, 5) is 37.7. The Hall–Kier alpha value is -5.65. The van der Waals surface area contributed by atoms with Gasteiger partial charge in [0.1, 0.15) is 12.2 Å². The molecule has 0 saturated carbocycles. The number of rotatable bonds is 11. The van der Waals surface area contributed by atoms with Gasteiger partial charge in [0, 0.05) is 50.7 Å². The minimum atomic E-state index is -4.43. The predicted octanol–water partition coefficient (Wildman–Crippen LogP) is 7.15. The van der Waals surface area contributed by atoms with Crippen LogP contribution in [-0.2, 0) is 50.4 Å². The van der Waals surface area contributed by atoms with Crippen molar-refractivity contribution in [3.63, 3.8) is 0 Å². The van der Waals surface area contributed by atoms with Crippen LogP contribution < -0.4 is 5.43 Å². The van der Waals surface area contributed by atoms with E-state index in [-0.39, 0.29) is 42.8 Å². The van der Waals surface area contributed by atoms with Crippen molar-refractivity contribution in [1.82, 2.24) is 24.0 Å². The summed E-state index contributed by atoms with van der Waals surface area (Å²) in [5.41, 5.74) is 2.79. The molecule has 0 aliphatic heterocycles. The first-order valence-electron chi connectivity index (χ1n) is 15.9. The molecule has 0 aliphatic carbocycles. The smallest absolute Gasteiger partial charge is 0.340 e. The van der Waals surface area contributed by atoms with Crippen molar-refractivity contribution >= 4 is 16.9 Å². The van der Waals surface area contributed by atoms with Gasteiger partial charge >= 0.3 is 6.18 Å². The van der Waals surface area contributed by atoms with E-state index in [9.17, 15) is 31.5 Å². The molecule has 3 heterocycles. The number of alkyl halides is 3. The van der Waals surface area contributed by atoms with E-state index < -0.39 is 23.4 Å². The normalized spacial score (nSPS) is 11.6. The molecule has 6 aromatic rings. The molecule has 0 spiro atoms. The maximum Gasteiger partial charge on any atom is 0.416 e. The molecule has 256 valence electrons. The van der Waals surface area contributed by atoms with E-state index in [0.717, 1.165) is 35.0 Å². The van der Waals surface area contributed by atoms with Gasteiger partial charge in [-0.15, -0.1) is 0 Å². The van der Waals surface area contributed by atoms with E-state index in [1.54, 1.807) is 40.1 Å². The number of aryl methyl sites for hydroxylation is 3. The summed E-state index contributed by atoms with van der Waals surface area (Å²) in [7, 11) is 1.85. The molecular formula is C38H32F5N5O2. The molecule has 0 radical (unpaired) electrons. The second kappa shape index (κ2) is 14.5. The number of carbonyl (C=O) groups is 1. The quantitative estimate of drug-likeness (QED) is 0.136. The number of benzene rings is 3. The van der Waals surface area contributed by atoms with Gasteiger partial charge < -0.3 is 14.0 Å². The Balaban J connectivity index is 1.28. The van der Waals surface area contributed by atoms with Crippen molar-refractivity contribution in [2.45, 2.75) is 38.5 Å². The van der Waals surface area contributed by atoms with Gasteiger partial charge in [0.05, 0.1) is 23.0 Å². The first-order chi connectivity index (χ1) is 24.0. The number of fused-ring (bicyclic) bond motifs is 1. The highest BCUT2D eigenvalue weighted by atomic mass is 19.4. The maximum atomic E-state index is 14.5. The molecule has 0 bridgehead atoms. The van der Waals surface area contributed by atoms with Crippen LogP contribution in [0.2, 0.25) is 0 Å². The van der Waals surface area contributed by atoms with Gasteiger partial charge in [-0.2, -0.15) is 13.2 Å². The monoisotopic (exact) mass is 685 g/mol. The van der Waals surface area contributed by atoms with E-state index in [1.807, 2.05) is 29.9 Å². The minimum Gasteiger partial charge on any atom is -0.340 e. The van der Waals surface area contributed by atoms with Gasteiger partial charge in [0.25, 0.3) is 0 Å². The number of hydrogen-bond donors (Lipinski definition) is 0. The minimum absolute atomic E-state index is 0.0875. The van der Waals surface area contributed by atoms with Gasteiger partial charge in [-0.1, -0.05) is 48.5 Å². The Bertz CT molecular complexity index is 2190. The van der Waals surface area contributed by atoms with Crippen molar-refractivity contribution in [3.05, 3.63) is 154 Å². The fraction of sp³-hybridized carbons (Fsp3) is 0.211. The summed E-state index contributed by atoms with van der Waals surface area (Å²) >= 11 is 0. The lowest BCUT2D eigenvalue weighted by molar-refractivity contribution is -0.137. The molecule has 7 nitrogen and oxygen atoms in total. The predicted molar refractivity (Wildman–Crippen MR) is 179 cm³/mol. The van der Waals surface area contributed by atoms with Crippen molar-refractivity contribution in [2.24, 2.45) is 7.05 Å². The van der Waals surface area contributed by atoms with E-state index in [4.69, 9.17) is 0 Å². The zero-order chi connectivity index (χ0) is 35.4. The van der Waals surface area contributed by atoms with Crippen molar-refractivity contribution in [2.75, 3.05) is 6.54 Å². The summed E-state index contributed by atoms with van der Waals surface area (Å²) in [5.74, 6) is -2.20. The average molecular weight is 686 g/mol. The number of aromatic nitrogens is 4. The number of nitrogens with zero attached hydrogens (tertiary/aromatic N) is 5. The second-order valence-electron chi connectivity index (χ2n) is 12.0. The third-order valence-electron chi connectivity index (χ3n) is 8.55. The lowest BCUT2D eigenvalue weighted by Gasteiger charge is -2.25. The Labute approximate surface area is 284 Å². The summed E-state index contributed by atoms with van der Waals surface area (Å²) in [5, 5.41) is 0.319. The highest BCUT2D eigenvalue weighted by Crippen LogP contribution is 2.31. The molecule has 6 rings (SSSR count). The topological polar surface area (TPSA) is 73.0 Å². The zero-order valence-corrected chi connectivity index (χ0v) is 27.0. The number of halogens is 5. The van der Waals surface area contributed by atoms with Gasteiger partial charge in [-0.3, -0.25) is 9.59 Å². The molecule has 3 aromatic heterocycles. The zero-order valence-electron chi connectivity index (χ0n) is 27.0. The summed E-state index contributed by atoms with van der Waals surface area (Å²) in [6, 6.07) is 20.8. The molecule has 0 unspecified atom stereocenters. The number of carbonyl (C=O) groups excluding carboxylic acids is 1. The second-order valence-corrected chi connectivity index (χ2v) is 12.0. The largest absolute Gasteiger partial charge is 0.416 e. The van der Waals surface area contributed by atoms with E-state index >= 15 is 0 Å². The standard InChI is InChI=1S/C38H32F5N5O2/c1-46-22-30(45-24-46)17-19-47(21-25-7-9-26(10-8-25)27-11-14-29(15-12-27)38(41,42)43)35(50)23-48-31(16-13-28-4-2-6-33(39)36(28)40)20-34(49)32-5-3-18-44-37(32)48/h2-12,14-15,18,20,22,24H,13,16-17,19,21,23H2,1H3. The Kier molecular flexibility index (Phi) is 9.89. The number of hydrogen-bond acceptors (Lipinski definition) is 4. The highest BCUT2D eigenvalue weighted by molar-refractivity contribution is 5.80. The van der Waals surface area contributed by atoms with Crippen LogP contribution >= 0.6 is 0 Å². The first kappa shape index (κ1) is 34.2. The molecule has 0 atom stereocenters. The van der Waals surface area contributed by atoms with E-state index in [1.165, 1.54) is 36.5 Å². The van der Waals surface area contributed by atoms with Crippen LogP contribution in [0.4, 0.5) is 22.0 Å². The van der Waals surface area contributed by atoms with Crippen molar-refractivity contribution in [1.29, 1.82) is 0 Å². The van der Waals surface area contributed by atoms with Gasteiger partial charge in [-0.05, 0) is 65.4 Å². The Morgan fingerprint density at radius 2 is 1.58 bits per heavy atom. The molecule has 1 amide bonds. The van der Waals surface area contributed by atoms with Crippen LogP contribution in [0.1, 0.15) is 28.1 Å². The molecule has 0 fully saturated rings. The lowest BCUT2D eigenvalue weighted by atomic mass is 10.0. The Morgan fingerprint density at radius 1 is 0.860 bits per heavy atom. The van der Waals surface area contributed by atoms with Crippen LogP contribution in [0.25, 0.3) is 22.2 Å². The third-order valence-corrected chi connectivity index (χ3v) is 8.55. The van der Waals surface area contributed by atoms with Crippen molar-refractivity contribution < 1.29 is 26.7 Å². The molecule has 3 aromatic carbocycles. The van der Waals surface area contributed by atoms with Crippen LogP contribution in [-0.4, -0.2) is 36.5 Å². The first-order valence-corrected chi connectivity index (χ1v) is 15.9. The molecule has 0 aliphatic rings. The van der Waals surface area contributed by atoms with E-state index in [2.05, 4.69) is 9.97 Å². The number of imidazole rings is 1. The molecular weight excluding hydrogens is 653 g/mol. The van der Waals surface area contributed by atoms with Crippen molar-refractivity contribution in [3.8, 4) is 11.1 Å². The average Bonchev–Trinajstić information content (AvgIpc) is 3.53. The Morgan fingerprint density at radius 3 is 2.26 bits per heavy atom.